The summed E-state index contributed by atoms with van der Waals surface area (Å²) in [7, 11) is 0. The number of aryl methyl sites for hydroxylation is 1. The lowest BCUT2D eigenvalue weighted by molar-refractivity contribution is -0.137. The van der Waals surface area contributed by atoms with E-state index in [-0.39, 0.29) is 23.9 Å². The molecule has 0 amide bonds. The lowest BCUT2D eigenvalue weighted by Gasteiger charge is -2.07. The molecule has 0 unspecified atom stereocenters. The first kappa shape index (κ1) is 17.9. The van der Waals surface area contributed by atoms with Gasteiger partial charge in [-0.3, -0.25) is 0 Å². The van der Waals surface area contributed by atoms with Gasteiger partial charge >= 0.3 is 6.18 Å². The molecule has 6 nitrogen and oxygen atoms in total. The van der Waals surface area contributed by atoms with Gasteiger partial charge in [-0.15, -0.1) is 0 Å². The van der Waals surface area contributed by atoms with E-state index in [4.69, 9.17) is 9.26 Å². The van der Waals surface area contributed by atoms with Gasteiger partial charge in [-0.1, -0.05) is 29.4 Å². The second-order valence-corrected chi connectivity index (χ2v) is 5.97. The molecule has 2 aromatic carbocycles. The van der Waals surface area contributed by atoms with Gasteiger partial charge in [0.2, 0.25) is 11.7 Å². The number of benzene rings is 2. The molecule has 0 fully saturated rings. The fourth-order valence-electron chi connectivity index (χ4n) is 2.66. The maximum Gasteiger partial charge on any atom is 0.416 e. The number of alkyl halides is 3. The van der Waals surface area contributed by atoms with Crippen molar-refractivity contribution >= 4 is 10.9 Å². The molecule has 0 atom stereocenters. The quantitative estimate of drug-likeness (QED) is 0.511. The zero-order chi connectivity index (χ0) is 19.7. The second kappa shape index (κ2) is 6.91. The van der Waals surface area contributed by atoms with Gasteiger partial charge in [0, 0.05) is 5.56 Å². The highest BCUT2D eigenvalue weighted by Crippen LogP contribution is 2.31. The number of para-hydroxylation sites is 1. The Morgan fingerprint density at radius 3 is 2.64 bits per heavy atom. The Bertz CT molecular complexity index is 1140. The Hall–Kier alpha value is -3.49. The highest BCUT2D eigenvalue weighted by Gasteiger charge is 2.30. The minimum absolute atomic E-state index is 0.0495. The van der Waals surface area contributed by atoms with Gasteiger partial charge in [0.25, 0.3) is 5.89 Å². The number of nitrogens with zero attached hydrogens (tertiary/aromatic N) is 4. The molecule has 0 bridgehead atoms. The Kier molecular flexibility index (Phi) is 4.42. The number of rotatable bonds is 4. The average molecular weight is 386 g/mol. The largest absolute Gasteiger partial charge is 0.467 e. The third-order valence-electron chi connectivity index (χ3n) is 3.93. The molecule has 0 spiro atoms. The van der Waals surface area contributed by atoms with Crippen LogP contribution in [0.3, 0.4) is 0 Å². The van der Waals surface area contributed by atoms with Crippen molar-refractivity contribution in [3.63, 3.8) is 0 Å². The van der Waals surface area contributed by atoms with Crippen LogP contribution in [0.1, 0.15) is 17.3 Å². The third-order valence-corrected chi connectivity index (χ3v) is 3.93. The Labute approximate surface area is 157 Å². The number of ether oxygens (including phenoxy) is 1. The first-order chi connectivity index (χ1) is 13.4. The predicted molar refractivity (Wildman–Crippen MR) is 93.3 cm³/mol. The molecule has 0 radical (unpaired) electrons. The molecule has 9 heteroatoms. The molecule has 0 aliphatic rings. The standard InChI is InChI=1S/C19H13F3N4O2/c1-11-23-15-8-3-2-7-14(15)18(24-11)27-10-16-25-17(26-28-16)12-5-4-6-13(9-12)19(20,21)22/h2-9H,10H2,1H3. The van der Waals surface area contributed by atoms with Crippen LogP contribution in [0.15, 0.2) is 53.1 Å². The third kappa shape index (κ3) is 3.64. The van der Waals surface area contributed by atoms with Crippen molar-refractivity contribution in [2.75, 3.05) is 0 Å². The molecular formula is C19H13F3N4O2. The van der Waals surface area contributed by atoms with Gasteiger partial charge in [-0.25, -0.2) is 4.98 Å². The maximum atomic E-state index is 12.9. The number of fused-ring (bicyclic) bond motifs is 1. The summed E-state index contributed by atoms with van der Waals surface area (Å²) in [6, 6.07) is 12.1. The predicted octanol–water partition coefficient (Wildman–Crippen LogP) is 4.59. The summed E-state index contributed by atoms with van der Waals surface area (Å²) in [6.07, 6.45) is -4.45. The molecule has 142 valence electrons. The van der Waals surface area contributed by atoms with Gasteiger partial charge in [-0.2, -0.15) is 23.1 Å². The van der Waals surface area contributed by atoms with E-state index in [0.717, 1.165) is 23.0 Å². The summed E-state index contributed by atoms with van der Waals surface area (Å²) in [6.45, 7) is 1.67. The van der Waals surface area contributed by atoms with E-state index >= 15 is 0 Å². The van der Waals surface area contributed by atoms with Crippen LogP contribution in [0.4, 0.5) is 13.2 Å². The molecule has 4 aromatic rings. The fraction of sp³-hybridized carbons (Fsp3) is 0.158. The van der Waals surface area contributed by atoms with Crippen LogP contribution < -0.4 is 4.74 Å². The molecule has 4 rings (SSSR count). The van der Waals surface area contributed by atoms with E-state index in [2.05, 4.69) is 20.1 Å². The average Bonchev–Trinajstić information content (AvgIpc) is 3.14. The molecular weight excluding hydrogens is 373 g/mol. The summed E-state index contributed by atoms with van der Waals surface area (Å²) in [5, 5.41) is 4.46. The van der Waals surface area contributed by atoms with Gasteiger partial charge in [0.15, 0.2) is 6.61 Å². The molecule has 2 heterocycles. The molecule has 2 aromatic heterocycles. The molecule has 0 aliphatic carbocycles. The summed E-state index contributed by atoms with van der Waals surface area (Å²) in [4.78, 5) is 12.7. The van der Waals surface area contributed by atoms with E-state index < -0.39 is 11.7 Å². The van der Waals surface area contributed by atoms with Crippen LogP contribution in [0, 0.1) is 6.92 Å². The zero-order valence-corrected chi connectivity index (χ0v) is 14.6. The van der Waals surface area contributed by atoms with Gasteiger partial charge in [-0.05, 0) is 31.2 Å². The van der Waals surface area contributed by atoms with Crippen molar-refractivity contribution in [2.45, 2.75) is 19.7 Å². The summed E-state index contributed by atoms with van der Waals surface area (Å²) in [5.41, 5.74) is 0.156. The zero-order valence-electron chi connectivity index (χ0n) is 14.6. The van der Waals surface area contributed by atoms with Crippen LogP contribution in [-0.2, 0) is 12.8 Å². The van der Waals surface area contributed by atoms with Crippen molar-refractivity contribution in [3.8, 4) is 17.3 Å². The van der Waals surface area contributed by atoms with Gasteiger partial charge in [0.1, 0.15) is 5.82 Å². The summed E-state index contributed by atoms with van der Waals surface area (Å²) in [5.74, 6) is 1.08. The molecule has 0 saturated carbocycles. The van der Waals surface area contributed by atoms with Crippen molar-refractivity contribution < 1.29 is 22.4 Å². The van der Waals surface area contributed by atoms with E-state index in [0.29, 0.717) is 11.7 Å². The molecule has 0 saturated heterocycles. The SMILES string of the molecule is Cc1nc(OCc2nc(-c3cccc(C(F)(F)F)c3)no2)c2ccccc2n1. The lowest BCUT2D eigenvalue weighted by Crippen LogP contribution is -2.04. The second-order valence-electron chi connectivity index (χ2n) is 5.97. The Morgan fingerprint density at radius 1 is 1.00 bits per heavy atom. The van der Waals surface area contributed by atoms with Crippen molar-refractivity contribution in [2.24, 2.45) is 0 Å². The normalized spacial score (nSPS) is 11.7. The minimum atomic E-state index is -4.45. The van der Waals surface area contributed by atoms with E-state index in [9.17, 15) is 13.2 Å². The van der Waals surface area contributed by atoms with E-state index in [1.165, 1.54) is 12.1 Å². The van der Waals surface area contributed by atoms with Crippen molar-refractivity contribution in [1.82, 2.24) is 20.1 Å². The Balaban J connectivity index is 1.55. The van der Waals surface area contributed by atoms with Crippen LogP contribution in [-0.4, -0.2) is 20.1 Å². The monoisotopic (exact) mass is 386 g/mol. The molecule has 0 aliphatic heterocycles. The van der Waals surface area contributed by atoms with Gasteiger partial charge < -0.3 is 9.26 Å². The van der Waals surface area contributed by atoms with E-state index in [1.54, 1.807) is 6.92 Å². The molecule has 28 heavy (non-hydrogen) atoms. The Morgan fingerprint density at radius 2 is 1.82 bits per heavy atom. The topological polar surface area (TPSA) is 73.9 Å². The van der Waals surface area contributed by atoms with Crippen molar-refractivity contribution in [3.05, 3.63) is 65.8 Å². The number of aromatic nitrogens is 4. The summed E-state index contributed by atoms with van der Waals surface area (Å²) >= 11 is 0. The maximum absolute atomic E-state index is 12.9. The highest BCUT2D eigenvalue weighted by atomic mass is 19.4. The highest BCUT2D eigenvalue weighted by molar-refractivity contribution is 5.83. The number of hydrogen-bond donors (Lipinski definition) is 0. The van der Waals surface area contributed by atoms with E-state index in [1.807, 2.05) is 24.3 Å². The van der Waals surface area contributed by atoms with Gasteiger partial charge in [0.05, 0.1) is 16.5 Å². The lowest BCUT2D eigenvalue weighted by atomic mass is 10.1. The first-order valence-electron chi connectivity index (χ1n) is 8.26. The fourth-order valence-corrected chi connectivity index (χ4v) is 2.66. The first-order valence-corrected chi connectivity index (χ1v) is 8.26. The van der Waals surface area contributed by atoms with Crippen LogP contribution in [0.25, 0.3) is 22.3 Å². The minimum Gasteiger partial charge on any atom is -0.467 e. The van der Waals surface area contributed by atoms with Crippen molar-refractivity contribution in [1.29, 1.82) is 0 Å². The van der Waals surface area contributed by atoms with Crippen LogP contribution >= 0.6 is 0 Å². The number of hydrogen-bond acceptors (Lipinski definition) is 6. The molecule has 0 N–H and O–H groups in total. The number of halogens is 3. The summed E-state index contributed by atoms with van der Waals surface area (Å²) < 4.78 is 49.4. The van der Waals surface area contributed by atoms with Crippen LogP contribution in [0.5, 0.6) is 5.88 Å². The van der Waals surface area contributed by atoms with Crippen LogP contribution in [0.2, 0.25) is 0 Å². The smallest absolute Gasteiger partial charge is 0.416 e.